The lowest BCUT2D eigenvalue weighted by atomic mass is 9.77. The van der Waals surface area contributed by atoms with Gasteiger partial charge in [-0.25, -0.2) is 9.59 Å². The van der Waals surface area contributed by atoms with Crippen LogP contribution in [0.4, 0.5) is 13.2 Å². The zero-order chi connectivity index (χ0) is 28.7. The minimum absolute atomic E-state index is 0.264. The normalized spacial score (nSPS) is 15.0. The first-order valence-corrected chi connectivity index (χ1v) is 11.8. The van der Waals surface area contributed by atoms with Gasteiger partial charge in [-0.3, -0.25) is 9.59 Å². The number of esters is 2. The van der Waals surface area contributed by atoms with Gasteiger partial charge in [0.25, 0.3) is 0 Å². The topological polar surface area (TPSA) is 105 Å². The summed E-state index contributed by atoms with van der Waals surface area (Å²) in [6.45, 7) is 10.0. The first-order chi connectivity index (χ1) is 16.9. The molecule has 0 saturated heterocycles. The van der Waals surface area contributed by atoms with Crippen molar-refractivity contribution in [2.75, 3.05) is 14.1 Å². The summed E-state index contributed by atoms with van der Waals surface area (Å²) in [6, 6.07) is 7.09. The van der Waals surface area contributed by atoms with Crippen LogP contribution >= 0.6 is 0 Å². The zero-order valence-corrected chi connectivity index (χ0v) is 22.4. The van der Waals surface area contributed by atoms with Crippen LogP contribution in [0.25, 0.3) is 0 Å². The van der Waals surface area contributed by atoms with Crippen LogP contribution in [-0.4, -0.2) is 67.1 Å². The molecule has 1 aromatic rings. The van der Waals surface area contributed by atoms with Crippen molar-refractivity contribution < 1.29 is 37.1 Å². The average molecular weight is 528 g/mol. The molecule has 2 amide bonds. The summed E-state index contributed by atoms with van der Waals surface area (Å²) in [6.07, 6.45) is -4.05. The van der Waals surface area contributed by atoms with Crippen LogP contribution in [0.2, 0.25) is 0 Å². The highest BCUT2D eigenvalue weighted by Crippen LogP contribution is 2.27. The Morgan fingerprint density at radius 2 is 1.57 bits per heavy atom. The summed E-state index contributed by atoms with van der Waals surface area (Å²) >= 11 is 0. The quantitative estimate of drug-likeness (QED) is 0.275. The molecular weight excluding hydrogens is 491 g/mol. The van der Waals surface area contributed by atoms with Crippen molar-refractivity contribution in [3.63, 3.8) is 0 Å². The van der Waals surface area contributed by atoms with E-state index in [2.05, 4.69) is 15.4 Å². The fourth-order valence-corrected chi connectivity index (χ4v) is 3.96. The second kappa shape index (κ2) is 12.8. The Balaban J connectivity index is 3.02. The smallest absolute Gasteiger partial charge is 0.383 e. The summed E-state index contributed by atoms with van der Waals surface area (Å²) in [7, 11) is 3.10. The van der Waals surface area contributed by atoms with Gasteiger partial charge in [-0.2, -0.15) is 13.2 Å². The van der Waals surface area contributed by atoms with Crippen LogP contribution in [0.1, 0.15) is 47.1 Å². The van der Waals surface area contributed by atoms with Gasteiger partial charge in [0.1, 0.15) is 6.04 Å². The molecule has 2 N–H and O–H groups in total. The van der Waals surface area contributed by atoms with E-state index in [-0.39, 0.29) is 11.5 Å². The third-order valence-corrected chi connectivity index (χ3v) is 6.16. The van der Waals surface area contributed by atoms with E-state index in [0.717, 1.165) is 5.56 Å². The predicted octanol–water partition coefficient (Wildman–Crippen LogP) is 3.12. The van der Waals surface area contributed by atoms with Gasteiger partial charge in [0, 0.05) is 18.0 Å². The molecule has 0 radical (unpaired) electrons. The minimum atomic E-state index is -5.31. The van der Waals surface area contributed by atoms with E-state index in [1.54, 1.807) is 20.9 Å². The summed E-state index contributed by atoms with van der Waals surface area (Å²) in [5.74, 6) is -5.23. The molecule has 11 heteroatoms. The Morgan fingerprint density at radius 1 is 1.03 bits per heavy atom. The van der Waals surface area contributed by atoms with Gasteiger partial charge in [0.2, 0.25) is 11.8 Å². The molecule has 0 aliphatic carbocycles. The molecule has 8 nitrogen and oxygen atoms in total. The van der Waals surface area contributed by atoms with Gasteiger partial charge in [-0.15, -0.1) is 0 Å². The van der Waals surface area contributed by atoms with Gasteiger partial charge < -0.3 is 20.3 Å². The molecule has 0 aliphatic heterocycles. The van der Waals surface area contributed by atoms with E-state index in [9.17, 15) is 32.3 Å². The fraction of sp³-hybridized carbons (Fsp3) is 0.538. The number of benzene rings is 1. The Labute approximate surface area is 215 Å². The van der Waals surface area contributed by atoms with Crippen LogP contribution < -0.4 is 10.6 Å². The second-order valence-electron chi connectivity index (χ2n) is 9.75. The minimum Gasteiger partial charge on any atom is -0.383 e. The van der Waals surface area contributed by atoms with E-state index in [0.29, 0.717) is 0 Å². The van der Waals surface area contributed by atoms with Crippen molar-refractivity contribution in [1.29, 1.82) is 0 Å². The fourth-order valence-electron chi connectivity index (χ4n) is 3.96. The van der Waals surface area contributed by atoms with Gasteiger partial charge in [-0.1, -0.05) is 64.1 Å². The standard InChI is InChI=1S/C26H36F3N3O5/c1-15(2)19(14-16(3)23(35)37-24(36)26(27,28)29)32(8)22(34)17(4)31-21(33)20(30-7)25(5,6)18-12-10-9-11-13-18/h9-15,17,19-20,30H,1-8H3,(H,31,33). The van der Waals surface area contributed by atoms with Gasteiger partial charge in [-0.05, 0) is 32.4 Å². The SMILES string of the molecule is CNC(C(=O)NC(C)C(=O)N(C)C(C=C(C)C(=O)OC(=O)C(F)(F)F)C(C)C)C(C)(C)c1ccccc1. The number of likely N-dealkylation sites (N-methyl/N-ethyl adjacent to an activating group) is 2. The van der Waals surface area contributed by atoms with E-state index in [1.807, 2.05) is 44.2 Å². The number of alkyl halides is 3. The first-order valence-electron chi connectivity index (χ1n) is 11.8. The van der Waals surface area contributed by atoms with E-state index in [1.165, 1.54) is 31.9 Å². The van der Waals surface area contributed by atoms with E-state index >= 15 is 0 Å². The van der Waals surface area contributed by atoms with Crippen molar-refractivity contribution in [3.8, 4) is 0 Å². The van der Waals surface area contributed by atoms with Gasteiger partial charge >= 0.3 is 18.1 Å². The van der Waals surface area contributed by atoms with Crippen LogP contribution in [0.3, 0.4) is 0 Å². The molecule has 0 fully saturated rings. The van der Waals surface area contributed by atoms with Crippen molar-refractivity contribution in [2.24, 2.45) is 5.92 Å². The molecule has 3 atom stereocenters. The molecule has 37 heavy (non-hydrogen) atoms. The average Bonchev–Trinajstić information content (AvgIpc) is 2.81. The number of hydrogen-bond acceptors (Lipinski definition) is 6. The largest absolute Gasteiger partial charge is 0.491 e. The number of amides is 2. The van der Waals surface area contributed by atoms with Crippen LogP contribution in [0.5, 0.6) is 0 Å². The van der Waals surface area contributed by atoms with Crippen LogP contribution in [0, 0.1) is 5.92 Å². The first kappa shape index (κ1) is 31.8. The molecule has 1 aromatic carbocycles. The Bertz CT molecular complexity index is 1010. The third kappa shape index (κ3) is 8.41. The summed E-state index contributed by atoms with van der Waals surface area (Å²) in [5.41, 5.74) is 0.0491. The summed E-state index contributed by atoms with van der Waals surface area (Å²) in [4.78, 5) is 50.5. The maximum Gasteiger partial charge on any atom is 0.491 e. The molecule has 0 bridgehead atoms. The number of carbonyl (C=O) groups excluding carboxylic acids is 4. The number of hydrogen-bond donors (Lipinski definition) is 2. The lowest BCUT2D eigenvalue weighted by Gasteiger charge is -2.35. The molecule has 3 unspecified atom stereocenters. The van der Waals surface area contributed by atoms with Crippen molar-refractivity contribution >= 4 is 23.8 Å². The molecule has 0 spiro atoms. The maximum atomic E-state index is 13.2. The Morgan fingerprint density at radius 3 is 2.03 bits per heavy atom. The van der Waals surface area contributed by atoms with E-state index in [4.69, 9.17) is 0 Å². The lowest BCUT2D eigenvalue weighted by molar-refractivity contribution is -0.200. The third-order valence-electron chi connectivity index (χ3n) is 6.16. The number of halogens is 3. The molecule has 0 aliphatic rings. The van der Waals surface area contributed by atoms with E-state index < -0.39 is 53.5 Å². The Hall–Kier alpha value is -3.21. The molecule has 206 valence electrons. The Kier molecular flexibility index (Phi) is 11.0. The molecular formula is C26H36F3N3O5. The highest BCUT2D eigenvalue weighted by Gasteiger charge is 2.43. The molecule has 0 aromatic heterocycles. The van der Waals surface area contributed by atoms with Crippen molar-refractivity contribution in [1.82, 2.24) is 15.5 Å². The highest BCUT2D eigenvalue weighted by atomic mass is 19.4. The second-order valence-corrected chi connectivity index (χ2v) is 9.75. The molecule has 1 rings (SSSR count). The number of nitrogens with zero attached hydrogens (tertiary/aromatic N) is 1. The molecule has 0 saturated carbocycles. The summed E-state index contributed by atoms with van der Waals surface area (Å²) in [5, 5.41) is 5.74. The van der Waals surface area contributed by atoms with Crippen molar-refractivity contribution in [3.05, 3.63) is 47.5 Å². The van der Waals surface area contributed by atoms with Crippen LogP contribution in [0.15, 0.2) is 42.0 Å². The van der Waals surface area contributed by atoms with Crippen LogP contribution in [-0.2, 0) is 29.3 Å². The number of carbonyl (C=O) groups is 4. The van der Waals surface area contributed by atoms with Gasteiger partial charge in [0.15, 0.2) is 0 Å². The number of rotatable bonds is 10. The monoisotopic (exact) mass is 527 g/mol. The van der Waals surface area contributed by atoms with Gasteiger partial charge in [0.05, 0.1) is 12.1 Å². The number of nitrogens with one attached hydrogen (secondary N) is 2. The maximum absolute atomic E-state index is 13.2. The predicted molar refractivity (Wildman–Crippen MR) is 132 cm³/mol. The zero-order valence-electron chi connectivity index (χ0n) is 22.4. The summed E-state index contributed by atoms with van der Waals surface area (Å²) < 4.78 is 41.1. The number of ether oxygens (including phenoxy) is 1. The molecule has 0 heterocycles. The van der Waals surface area contributed by atoms with Crippen molar-refractivity contribution in [2.45, 2.75) is 71.3 Å². The highest BCUT2D eigenvalue weighted by molar-refractivity contribution is 5.97. The lowest BCUT2D eigenvalue weighted by Crippen LogP contribution is -2.58.